The van der Waals surface area contributed by atoms with Crippen molar-refractivity contribution in [3.63, 3.8) is 0 Å². The van der Waals surface area contributed by atoms with E-state index in [0.717, 1.165) is 38.4 Å². The molecule has 0 atom stereocenters. The predicted octanol–water partition coefficient (Wildman–Crippen LogP) is 2.37. The van der Waals surface area contributed by atoms with Crippen LogP contribution in [0.25, 0.3) is 11.5 Å². The maximum absolute atomic E-state index is 12.3. The highest BCUT2D eigenvalue weighted by Gasteiger charge is 2.18. The van der Waals surface area contributed by atoms with Gasteiger partial charge in [0.2, 0.25) is 5.89 Å². The number of aromatic nitrogens is 1. The van der Waals surface area contributed by atoms with Crippen LogP contribution in [0.3, 0.4) is 0 Å². The van der Waals surface area contributed by atoms with E-state index in [1.807, 2.05) is 12.1 Å². The molecule has 1 aliphatic rings. The van der Waals surface area contributed by atoms with Gasteiger partial charge in [0, 0.05) is 36.8 Å². The van der Waals surface area contributed by atoms with E-state index in [1.54, 1.807) is 19.1 Å². The minimum atomic E-state index is -0.218. The van der Waals surface area contributed by atoms with Gasteiger partial charge in [0.25, 0.3) is 5.91 Å². The standard InChI is InChI=1S/C17H20ClN3O3/c1-12-15(16(22)19-6-7-21-8-10-23-11-9-21)20-17(24-12)13-2-4-14(18)5-3-13/h2-5H,6-11H2,1H3,(H,19,22). The predicted molar refractivity (Wildman–Crippen MR) is 91.3 cm³/mol. The second kappa shape index (κ2) is 7.79. The molecule has 1 aliphatic heterocycles. The smallest absolute Gasteiger partial charge is 0.273 e. The molecular formula is C17H20ClN3O3. The lowest BCUT2D eigenvalue weighted by Crippen LogP contribution is -2.41. The van der Waals surface area contributed by atoms with Crippen LogP contribution < -0.4 is 5.32 Å². The van der Waals surface area contributed by atoms with Crippen LogP contribution in [-0.4, -0.2) is 55.2 Å². The molecule has 0 aliphatic carbocycles. The highest BCUT2D eigenvalue weighted by Crippen LogP contribution is 2.23. The Hall–Kier alpha value is -1.89. The molecule has 7 heteroatoms. The van der Waals surface area contributed by atoms with Gasteiger partial charge in [0.1, 0.15) is 5.76 Å². The Bertz CT molecular complexity index is 694. The molecular weight excluding hydrogens is 330 g/mol. The SMILES string of the molecule is Cc1oc(-c2ccc(Cl)cc2)nc1C(=O)NCCN1CCOCC1. The Morgan fingerprint density at radius 2 is 2.00 bits per heavy atom. The quantitative estimate of drug-likeness (QED) is 0.897. The lowest BCUT2D eigenvalue weighted by molar-refractivity contribution is 0.0383. The molecule has 1 saturated heterocycles. The normalized spacial score (nSPS) is 15.4. The zero-order valence-electron chi connectivity index (χ0n) is 13.5. The molecule has 1 aromatic heterocycles. The first-order valence-corrected chi connectivity index (χ1v) is 8.33. The largest absolute Gasteiger partial charge is 0.441 e. The average Bonchev–Trinajstić information content (AvgIpc) is 2.98. The van der Waals surface area contributed by atoms with Gasteiger partial charge in [0.05, 0.1) is 13.2 Å². The summed E-state index contributed by atoms with van der Waals surface area (Å²) >= 11 is 5.88. The minimum Gasteiger partial charge on any atom is -0.441 e. The monoisotopic (exact) mass is 349 g/mol. The molecule has 1 aromatic carbocycles. The van der Waals surface area contributed by atoms with Gasteiger partial charge in [0.15, 0.2) is 5.69 Å². The van der Waals surface area contributed by atoms with E-state index in [4.69, 9.17) is 20.8 Å². The van der Waals surface area contributed by atoms with Crippen LogP contribution in [0.4, 0.5) is 0 Å². The number of benzene rings is 1. The summed E-state index contributed by atoms with van der Waals surface area (Å²) in [5.41, 5.74) is 1.11. The fraction of sp³-hybridized carbons (Fsp3) is 0.412. The van der Waals surface area contributed by atoms with E-state index < -0.39 is 0 Å². The molecule has 6 nitrogen and oxygen atoms in total. The van der Waals surface area contributed by atoms with Gasteiger partial charge < -0.3 is 14.5 Å². The van der Waals surface area contributed by atoms with Crippen LogP contribution in [0.5, 0.6) is 0 Å². The summed E-state index contributed by atoms with van der Waals surface area (Å²) in [5.74, 6) is 0.705. The molecule has 0 saturated carbocycles. The van der Waals surface area contributed by atoms with Crippen LogP contribution in [0.1, 0.15) is 16.2 Å². The number of carbonyl (C=O) groups is 1. The minimum absolute atomic E-state index is 0.218. The third-order valence-corrected chi connectivity index (χ3v) is 4.17. The van der Waals surface area contributed by atoms with Crippen molar-refractivity contribution < 1.29 is 13.9 Å². The lowest BCUT2D eigenvalue weighted by Gasteiger charge is -2.26. The number of rotatable bonds is 5. The van der Waals surface area contributed by atoms with Gasteiger partial charge >= 0.3 is 0 Å². The molecule has 3 rings (SSSR count). The lowest BCUT2D eigenvalue weighted by atomic mass is 10.2. The van der Waals surface area contributed by atoms with Crippen molar-refractivity contribution in [2.75, 3.05) is 39.4 Å². The van der Waals surface area contributed by atoms with Gasteiger partial charge in [-0.15, -0.1) is 0 Å². The maximum atomic E-state index is 12.3. The Morgan fingerprint density at radius 1 is 1.29 bits per heavy atom. The molecule has 0 bridgehead atoms. The Kier molecular flexibility index (Phi) is 5.50. The van der Waals surface area contributed by atoms with E-state index in [1.165, 1.54) is 0 Å². The molecule has 1 fully saturated rings. The first kappa shape index (κ1) is 17.0. The van der Waals surface area contributed by atoms with Crippen molar-refractivity contribution in [1.29, 1.82) is 0 Å². The highest BCUT2D eigenvalue weighted by molar-refractivity contribution is 6.30. The van der Waals surface area contributed by atoms with Crippen molar-refractivity contribution in [2.24, 2.45) is 0 Å². The van der Waals surface area contributed by atoms with Gasteiger partial charge in [-0.3, -0.25) is 9.69 Å². The third kappa shape index (κ3) is 4.14. The number of hydrogen-bond donors (Lipinski definition) is 1. The summed E-state index contributed by atoms with van der Waals surface area (Å²) in [6, 6.07) is 7.15. The zero-order valence-corrected chi connectivity index (χ0v) is 14.3. The Labute approximate surface area is 145 Å². The molecule has 0 spiro atoms. The number of morpholine rings is 1. The van der Waals surface area contributed by atoms with Crippen LogP contribution in [0.2, 0.25) is 5.02 Å². The Balaban J connectivity index is 1.59. The first-order valence-electron chi connectivity index (χ1n) is 7.95. The highest BCUT2D eigenvalue weighted by atomic mass is 35.5. The van der Waals surface area contributed by atoms with Crippen LogP contribution >= 0.6 is 11.6 Å². The fourth-order valence-electron chi connectivity index (χ4n) is 2.56. The molecule has 2 heterocycles. The number of nitrogens with zero attached hydrogens (tertiary/aromatic N) is 2. The Morgan fingerprint density at radius 3 is 2.71 bits per heavy atom. The van der Waals surface area contributed by atoms with Crippen molar-refractivity contribution in [3.8, 4) is 11.5 Å². The molecule has 2 aromatic rings. The summed E-state index contributed by atoms with van der Waals surface area (Å²) in [6.07, 6.45) is 0. The molecule has 1 N–H and O–H groups in total. The maximum Gasteiger partial charge on any atom is 0.273 e. The molecule has 128 valence electrons. The number of carbonyl (C=O) groups excluding carboxylic acids is 1. The summed E-state index contributed by atoms with van der Waals surface area (Å²) in [5, 5.41) is 3.54. The summed E-state index contributed by atoms with van der Waals surface area (Å²) in [6.45, 7) is 6.42. The van der Waals surface area contributed by atoms with E-state index in [9.17, 15) is 4.79 Å². The van der Waals surface area contributed by atoms with Crippen LogP contribution in [-0.2, 0) is 4.74 Å². The third-order valence-electron chi connectivity index (χ3n) is 3.92. The van der Waals surface area contributed by atoms with Gasteiger partial charge in [-0.1, -0.05) is 11.6 Å². The number of amides is 1. The molecule has 0 unspecified atom stereocenters. The topological polar surface area (TPSA) is 67.6 Å². The van der Waals surface area contributed by atoms with Crippen molar-refractivity contribution in [1.82, 2.24) is 15.2 Å². The van der Waals surface area contributed by atoms with Gasteiger partial charge in [-0.05, 0) is 31.2 Å². The van der Waals surface area contributed by atoms with E-state index in [2.05, 4.69) is 15.2 Å². The average molecular weight is 350 g/mol. The molecule has 1 amide bonds. The number of ether oxygens (including phenoxy) is 1. The molecule has 0 radical (unpaired) electrons. The van der Waals surface area contributed by atoms with E-state index in [0.29, 0.717) is 28.9 Å². The second-order valence-electron chi connectivity index (χ2n) is 5.64. The van der Waals surface area contributed by atoms with Crippen molar-refractivity contribution >= 4 is 17.5 Å². The van der Waals surface area contributed by atoms with Crippen LogP contribution in [0.15, 0.2) is 28.7 Å². The fourth-order valence-corrected chi connectivity index (χ4v) is 2.69. The van der Waals surface area contributed by atoms with Gasteiger partial charge in [-0.25, -0.2) is 4.98 Å². The summed E-state index contributed by atoms with van der Waals surface area (Å²) in [7, 11) is 0. The van der Waals surface area contributed by atoms with Crippen LogP contribution in [0, 0.1) is 6.92 Å². The van der Waals surface area contributed by atoms with Crippen molar-refractivity contribution in [2.45, 2.75) is 6.92 Å². The number of oxazole rings is 1. The summed E-state index contributed by atoms with van der Waals surface area (Å²) < 4.78 is 10.9. The second-order valence-corrected chi connectivity index (χ2v) is 6.08. The summed E-state index contributed by atoms with van der Waals surface area (Å²) in [4.78, 5) is 18.9. The number of hydrogen-bond acceptors (Lipinski definition) is 5. The van der Waals surface area contributed by atoms with Crippen molar-refractivity contribution in [3.05, 3.63) is 40.7 Å². The van der Waals surface area contributed by atoms with Gasteiger partial charge in [-0.2, -0.15) is 0 Å². The number of halogens is 1. The number of aryl methyl sites for hydroxylation is 1. The zero-order chi connectivity index (χ0) is 16.9. The first-order chi connectivity index (χ1) is 11.6. The number of nitrogens with one attached hydrogen (secondary N) is 1. The van der Waals surface area contributed by atoms with E-state index >= 15 is 0 Å². The molecule has 24 heavy (non-hydrogen) atoms. The van der Waals surface area contributed by atoms with E-state index in [-0.39, 0.29) is 5.91 Å².